The molecule has 0 aliphatic carbocycles. The molecule has 0 aromatic heterocycles. The van der Waals surface area contributed by atoms with E-state index >= 15 is 0 Å². The summed E-state index contributed by atoms with van der Waals surface area (Å²) in [5.74, 6) is 5.41. The van der Waals surface area contributed by atoms with Gasteiger partial charge in [-0.2, -0.15) is 0 Å². The maximum Gasteiger partial charge on any atom is 0.243 e. The van der Waals surface area contributed by atoms with Gasteiger partial charge in [0.05, 0.1) is 16.6 Å². The van der Waals surface area contributed by atoms with Crippen molar-refractivity contribution in [3.63, 3.8) is 0 Å². The summed E-state index contributed by atoms with van der Waals surface area (Å²) in [5, 5.41) is 0.0886. The molecule has 0 amide bonds. The third kappa shape index (κ3) is 4.65. The van der Waals surface area contributed by atoms with Crippen molar-refractivity contribution < 1.29 is 8.42 Å². The summed E-state index contributed by atoms with van der Waals surface area (Å²) in [6.45, 7) is 2.52. The fourth-order valence-corrected chi connectivity index (χ4v) is 3.78. The highest BCUT2D eigenvalue weighted by Gasteiger charge is 2.21. The van der Waals surface area contributed by atoms with Crippen molar-refractivity contribution in [2.45, 2.75) is 24.7 Å². The first-order valence-corrected chi connectivity index (χ1v) is 8.34. The van der Waals surface area contributed by atoms with Crippen LogP contribution in [0.5, 0.6) is 0 Å². The van der Waals surface area contributed by atoms with E-state index in [-0.39, 0.29) is 21.5 Å². The Kier molecular flexibility index (Phi) is 6.80. The molecule has 4 nitrogen and oxygen atoms in total. The van der Waals surface area contributed by atoms with E-state index in [0.717, 1.165) is 12.8 Å². The van der Waals surface area contributed by atoms with Crippen LogP contribution in [0.2, 0.25) is 10.0 Å². The van der Waals surface area contributed by atoms with Crippen LogP contribution in [-0.4, -0.2) is 21.5 Å². The monoisotopic (exact) mass is 334 g/mol. The minimum atomic E-state index is -3.72. The largest absolute Gasteiger partial charge is 0.320 e. The van der Waals surface area contributed by atoms with Crippen LogP contribution >= 0.6 is 23.2 Å². The second-order valence-corrected chi connectivity index (χ2v) is 6.54. The average Bonchev–Trinajstić information content (AvgIpc) is 2.35. The molecule has 0 aliphatic rings. The van der Waals surface area contributed by atoms with Crippen LogP contribution in [-0.2, 0) is 10.0 Å². The van der Waals surface area contributed by atoms with E-state index < -0.39 is 10.0 Å². The van der Waals surface area contributed by atoms with Crippen molar-refractivity contribution in [2.24, 2.45) is 5.73 Å². The normalized spacial score (nSPS) is 11.0. The van der Waals surface area contributed by atoms with Crippen LogP contribution in [0.15, 0.2) is 17.0 Å². The Balaban J connectivity index is 3.13. The van der Waals surface area contributed by atoms with Crippen molar-refractivity contribution in [1.82, 2.24) is 4.72 Å². The lowest BCUT2D eigenvalue weighted by Gasteiger charge is -2.10. The van der Waals surface area contributed by atoms with Crippen LogP contribution in [0, 0.1) is 11.8 Å². The van der Waals surface area contributed by atoms with Crippen LogP contribution in [0.25, 0.3) is 0 Å². The Morgan fingerprint density at radius 2 is 1.90 bits per heavy atom. The Labute approximate surface area is 129 Å². The topological polar surface area (TPSA) is 72.2 Å². The molecule has 1 aromatic carbocycles. The zero-order valence-electron chi connectivity index (χ0n) is 11.0. The first-order valence-electron chi connectivity index (χ1n) is 6.10. The lowest BCUT2D eigenvalue weighted by Crippen LogP contribution is -2.25. The number of benzene rings is 1. The third-order valence-corrected chi connectivity index (χ3v) is 4.81. The molecule has 0 aliphatic heterocycles. The Morgan fingerprint density at radius 3 is 2.40 bits per heavy atom. The summed E-state index contributed by atoms with van der Waals surface area (Å²) in [6, 6.07) is 2.93. The number of hydrogen-bond donors (Lipinski definition) is 2. The molecule has 7 heteroatoms. The molecule has 110 valence electrons. The van der Waals surface area contributed by atoms with E-state index in [4.69, 9.17) is 28.9 Å². The van der Waals surface area contributed by atoms with Gasteiger partial charge in [0.15, 0.2) is 0 Å². The van der Waals surface area contributed by atoms with Gasteiger partial charge >= 0.3 is 0 Å². The van der Waals surface area contributed by atoms with Gasteiger partial charge in [-0.3, -0.25) is 0 Å². The van der Waals surface area contributed by atoms with E-state index in [1.807, 2.05) is 6.92 Å². The predicted molar refractivity (Wildman–Crippen MR) is 82.5 cm³/mol. The third-order valence-electron chi connectivity index (χ3n) is 2.42. The molecular formula is C13H16Cl2N2O2S. The molecule has 0 unspecified atom stereocenters. The van der Waals surface area contributed by atoms with Gasteiger partial charge < -0.3 is 5.73 Å². The van der Waals surface area contributed by atoms with Crippen molar-refractivity contribution in [2.75, 3.05) is 13.1 Å². The maximum absolute atomic E-state index is 12.1. The van der Waals surface area contributed by atoms with Crippen molar-refractivity contribution in [1.29, 1.82) is 0 Å². The average molecular weight is 335 g/mol. The van der Waals surface area contributed by atoms with E-state index in [9.17, 15) is 8.42 Å². The summed E-state index contributed by atoms with van der Waals surface area (Å²) in [5.41, 5.74) is 5.80. The Morgan fingerprint density at radius 1 is 1.30 bits per heavy atom. The highest BCUT2D eigenvalue weighted by atomic mass is 35.5. The molecule has 0 fully saturated rings. The minimum absolute atomic E-state index is 0.0443. The molecular weight excluding hydrogens is 319 g/mol. The number of rotatable bonds is 5. The fourth-order valence-electron chi connectivity index (χ4n) is 1.50. The second-order valence-electron chi connectivity index (χ2n) is 4.03. The van der Waals surface area contributed by atoms with E-state index in [1.165, 1.54) is 12.1 Å². The Bertz CT molecular complexity index is 611. The lowest BCUT2D eigenvalue weighted by molar-refractivity contribution is 0.578. The molecule has 3 N–H and O–H groups in total. The smallest absolute Gasteiger partial charge is 0.243 e. The molecule has 0 heterocycles. The molecule has 1 rings (SSSR count). The molecule has 0 atom stereocenters. The number of nitrogens with two attached hydrogens (primary N) is 1. The van der Waals surface area contributed by atoms with Crippen molar-refractivity contribution >= 4 is 33.2 Å². The van der Waals surface area contributed by atoms with Crippen LogP contribution in [0.1, 0.15) is 25.3 Å². The van der Waals surface area contributed by atoms with Gasteiger partial charge in [-0.05, 0) is 18.6 Å². The molecule has 0 spiro atoms. The lowest BCUT2D eigenvalue weighted by atomic mass is 10.2. The minimum Gasteiger partial charge on any atom is -0.320 e. The van der Waals surface area contributed by atoms with Gasteiger partial charge in [0.2, 0.25) is 10.0 Å². The summed E-state index contributed by atoms with van der Waals surface area (Å²) in [6.07, 6.45) is 1.63. The summed E-state index contributed by atoms with van der Waals surface area (Å²) < 4.78 is 26.7. The SMILES string of the molecule is CCCCNS(=O)(=O)c1c(Cl)cc(C#CCN)cc1Cl. The van der Waals surface area contributed by atoms with Gasteiger partial charge in [0.1, 0.15) is 4.90 Å². The zero-order chi connectivity index (χ0) is 15.2. The predicted octanol–water partition coefficient (Wildman–Crippen LogP) is 2.38. The number of unbranched alkanes of at least 4 members (excludes halogenated alkanes) is 1. The molecule has 0 bridgehead atoms. The maximum atomic E-state index is 12.1. The Hall–Kier alpha value is -0.770. The van der Waals surface area contributed by atoms with E-state index in [2.05, 4.69) is 16.6 Å². The number of sulfonamides is 1. The van der Waals surface area contributed by atoms with Gasteiger partial charge in [-0.25, -0.2) is 13.1 Å². The summed E-state index contributed by atoms with van der Waals surface area (Å²) in [4.78, 5) is -0.116. The standard InChI is InChI=1S/C13H16Cl2N2O2S/c1-2-3-7-17-20(18,19)13-11(14)8-10(5-4-6-16)9-12(13)15/h8-9,17H,2-3,6-7,16H2,1H3. The van der Waals surface area contributed by atoms with E-state index in [1.54, 1.807) is 0 Å². The van der Waals surface area contributed by atoms with Gasteiger partial charge in [-0.15, -0.1) is 0 Å². The molecule has 1 aromatic rings. The van der Waals surface area contributed by atoms with Crippen LogP contribution in [0.3, 0.4) is 0 Å². The number of hydrogen-bond acceptors (Lipinski definition) is 3. The summed E-state index contributed by atoms with van der Waals surface area (Å²) >= 11 is 12.0. The summed E-state index contributed by atoms with van der Waals surface area (Å²) in [7, 11) is -3.72. The fraction of sp³-hybridized carbons (Fsp3) is 0.385. The number of nitrogens with one attached hydrogen (secondary N) is 1. The van der Waals surface area contributed by atoms with Crippen molar-refractivity contribution in [3.05, 3.63) is 27.7 Å². The highest BCUT2D eigenvalue weighted by Crippen LogP contribution is 2.30. The van der Waals surface area contributed by atoms with Gasteiger partial charge in [0.25, 0.3) is 0 Å². The first kappa shape index (κ1) is 17.3. The van der Waals surface area contributed by atoms with Crippen LogP contribution < -0.4 is 10.5 Å². The number of halogens is 2. The quantitative estimate of drug-likeness (QED) is 0.641. The highest BCUT2D eigenvalue weighted by molar-refractivity contribution is 7.89. The molecule has 20 heavy (non-hydrogen) atoms. The first-order chi connectivity index (χ1) is 9.42. The molecule has 0 radical (unpaired) electrons. The zero-order valence-corrected chi connectivity index (χ0v) is 13.4. The van der Waals surface area contributed by atoms with Gasteiger partial charge in [-0.1, -0.05) is 48.4 Å². The molecule has 0 saturated heterocycles. The van der Waals surface area contributed by atoms with Gasteiger partial charge in [0, 0.05) is 12.1 Å². The van der Waals surface area contributed by atoms with E-state index in [0.29, 0.717) is 12.1 Å². The second kappa shape index (κ2) is 7.87. The van der Waals surface area contributed by atoms with Crippen molar-refractivity contribution in [3.8, 4) is 11.8 Å². The molecule has 0 saturated carbocycles. The van der Waals surface area contributed by atoms with Crippen LogP contribution in [0.4, 0.5) is 0 Å².